The minimum absolute atomic E-state index is 0.146. The molecule has 0 saturated heterocycles. The van der Waals surface area contributed by atoms with Crippen LogP contribution in [0.3, 0.4) is 0 Å². The Hall–Kier alpha value is -2.76. The third-order valence-corrected chi connectivity index (χ3v) is 3.21. The second kappa shape index (κ2) is 8.76. The number of pyridine rings is 1. The number of urea groups is 1. The zero-order valence-electron chi connectivity index (χ0n) is 14.2. The van der Waals surface area contributed by atoms with Crippen LogP contribution in [0, 0.1) is 0 Å². The van der Waals surface area contributed by atoms with Gasteiger partial charge in [-0.15, -0.1) is 0 Å². The average molecular weight is 329 g/mol. The van der Waals surface area contributed by atoms with E-state index in [0.717, 1.165) is 16.9 Å². The largest absolute Gasteiger partial charge is 0.491 e. The molecule has 0 aliphatic rings. The van der Waals surface area contributed by atoms with Crippen molar-refractivity contribution in [3.8, 4) is 11.6 Å². The molecule has 24 heavy (non-hydrogen) atoms. The molecule has 128 valence electrons. The highest BCUT2D eigenvalue weighted by atomic mass is 16.5. The number of hydrogen-bond acceptors (Lipinski definition) is 4. The summed E-state index contributed by atoms with van der Waals surface area (Å²) >= 11 is 0. The van der Waals surface area contributed by atoms with Crippen molar-refractivity contribution in [3.63, 3.8) is 0 Å². The summed E-state index contributed by atoms with van der Waals surface area (Å²) < 4.78 is 10.6. The molecule has 0 radical (unpaired) electrons. The highest BCUT2D eigenvalue weighted by Crippen LogP contribution is 2.13. The van der Waals surface area contributed by atoms with E-state index in [1.807, 2.05) is 44.2 Å². The molecule has 1 aromatic carbocycles. The van der Waals surface area contributed by atoms with Crippen LogP contribution < -0.4 is 20.1 Å². The standard InChI is InChI=1S/C18H23N3O3/c1-13(2)24-16-7-4-14(5-8-16)10-20-18(22)21-12-15-6-9-17(23-3)19-11-15/h4-9,11,13H,10,12H2,1-3H3,(H2,20,21,22). The SMILES string of the molecule is COc1ccc(CNC(=O)NCc2ccc(OC(C)C)cc2)cn1. The lowest BCUT2D eigenvalue weighted by molar-refractivity contribution is 0.240. The van der Waals surface area contributed by atoms with Crippen molar-refractivity contribution >= 4 is 6.03 Å². The van der Waals surface area contributed by atoms with E-state index in [2.05, 4.69) is 15.6 Å². The second-order valence-corrected chi connectivity index (χ2v) is 5.56. The molecule has 1 heterocycles. The zero-order valence-corrected chi connectivity index (χ0v) is 14.2. The summed E-state index contributed by atoms with van der Waals surface area (Å²) in [7, 11) is 1.56. The van der Waals surface area contributed by atoms with Crippen molar-refractivity contribution in [2.45, 2.75) is 33.0 Å². The van der Waals surface area contributed by atoms with Gasteiger partial charge in [0, 0.05) is 25.4 Å². The fourth-order valence-corrected chi connectivity index (χ4v) is 2.02. The third-order valence-electron chi connectivity index (χ3n) is 3.21. The molecular weight excluding hydrogens is 306 g/mol. The number of nitrogens with zero attached hydrogens (tertiary/aromatic N) is 1. The van der Waals surface area contributed by atoms with E-state index in [1.54, 1.807) is 19.4 Å². The van der Waals surface area contributed by atoms with Crippen LogP contribution in [-0.4, -0.2) is 24.2 Å². The van der Waals surface area contributed by atoms with Gasteiger partial charge >= 0.3 is 6.03 Å². The minimum atomic E-state index is -0.228. The van der Waals surface area contributed by atoms with Gasteiger partial charge in [0.05, 0.1) is 13.2 Å². The van der Waals surface area contributed by atoms with E-state index in [1.165, 1.54) is 0 Å². The Morgan fingerprint density at radius 1 is 1.04 bits per heavy atom. The summed E-state index contributed by atoms with van der Waals surface area (Å²) in [6, 6.07) is 11.1. The number of benzene rings is 1. The summed E-state index contributed by atoms with van der Waals surface area (Å²) in [6.07, 6.45) is 1.82. The highest BCUT2D eigenvalue weighted by Gasteiger charge is 2.03. The van der Waals surface area contributed by atoms with Crippen LogP contribution in [0.5, 0.6) is 11.6 Å². The summed E-state index contributed by atoms with van der Waals surface area (Å²) in [4.78, 5) is 15.9. The number of hydrogen-bond donors (Lipinski definition) is 2. The number of methoxy groups -OCH3 is 1. The van der Waals surface area contributed by atoms with Crippen molar-refractivity contribution in [1.29, 1.82) is 0 Å². The zero-order chi connectivity index (χ0) is 17.4. The fourth-order valence-electron chi connectivity index (χ4n) is 2.02. The minimum Gasteiger partial charge on any atom is -0.491 e. The van der Waals surface area contributed by atoms with Gasteiger partial charge in [-0.25, -0.2) is 9.78 Å². The first kappa shape index (κ1) is 17.6. The van der Waals surface area contributed by atoms with Crippen molar-refractivity contribution in [2.75, 3.05) is 7.11 Å². The van der Waals surface area contributed by atoms with Crippen molar-refractivity contribution < 1.29 is 14.3 Å². The number of aromatic nitrogens is 1. The second-order valence-electron chi connectivity index (χ2n) is 5.56. The van der Waals surface area contributed by atoms with Gasteiger partial charge in [-0.05, 0) is 37.1 Å². The van der Waals surface area contributed by atoms with Gasteiger partial charge in [-0.1, -0.05) is 18.2 Å². The van der Waals surface area contributed by atoms with Gasteiger partial charge in [0.15, 0.2) is 0 Å². The molecule has 2 rings (SSSR count). The Morgan fingerprint density at radius 2 is 1.67 bits per heavy atom. The Morgan fingerprint density at radius 3 is 2.21 bits per heavy atom. The number of ether oxygens (including phenoxy) is 2. The summed E-state index contributed by atoms with van der Waals surface area (Å²) in [5, 5.41) is 5.60. The molecule has 1 aromatic heterocycles. The van der Waals surface area contributed by atoms with Gasteiger partial charge in [-0.3, -0.25) is 0 Å². The van der Waals surface area contributed by atoms with Crippen LogP contribution >= 0.6 is 0 Å². The number of carbonyl (C=O) groups is 1. The van der Waals surface area contributed by atoms with E-state index in [0.29, 0.717) is 19.0 Å². The van der Waals surface area contributed by atoms with Crippen LogP contribution in [0.2, 0.25) is 0 Å². The molecule has 0 spiro atoms. The third kappa shape index (κ3) is 5.79. The summed E-state index contributed by atoms with van der Waals surface area (Å²) in [6.45, 7) is 4.83. The molecule has 0 unspecified atom stereocenters. The number of rotatable bonds is 7. The number of nitrogens with one attached hydrogen (secondary N) is 2. The van der Waals surface area contributed by atoms with Crippen molar-refractivity contribution in [3.05, 3.63) is 53.7 Å². The van der Waals surface area contributed by atoms with Crippen molar-refractivity contribution in [2.24, 2.45) is 0 Å². The molecule has 6 nitrogen and oxygen atoms in total. The van der Waals surface area contributed by atoms with Gasteiger partial charge in [0.1, 0.15) is 5.75 Å². The molecule has 2 amide bonds. The molecule has 0 bridgehead atoms. The molecular formula is C18H23N3O3. The molecule has 6 heteroatoms. The first-order valence-corrected chi connectivity index (χ1v) is 7.83. The maximum absolute atomic E-state index is 11.8. The average Bonchev–Trinajstić information content (AvgIpc) is 2.59. The van der Waals surface area contributed by atoms with E-state index in [4.69, 9.17) is 9.47 Å². The van der Waals surface area contributed by atoms with Gasteiger partial charge < -0.3 is 20.1 Å². The van der Waals surface area contributed by atoms with Crippen molar-refractivity contribution in [1.82, 2.24) is 15.6 Å². The lowest BCUT2D eigenvalue weighted by Gasteiger charge is -2.11. The Bertz CT molecular complexity index is 640. The maximum atomic E-state index is 11.8. The first-order chi connectivity index (χ1) is 11.6. The maximum Gasteiger partial charge on any atom is 0.315 e. The normalized spacial score (nSPS) is 10.3. The molecule has 2 N–H and O–H groups in total. The predicted octanol–water partition coefficient (Wildman–Crippen LogP) is 2.88. The highest BCUT2D eigenvalue weighted by molar-refractivity contribution is 5.73. The van der Waals surface area contributed by atoms with Gasteiger partial charge in [0.25, 0.3) is 0 Å². The van der Waals surface area contributed by atoms with Crippen LogP contribution in [0.25, 0.3) is 0 Å². The monoisotopic (exact) mass is 329 g/mol. The summed E-state index contributed by atoms with van der Waals surface area (Å²) in [5.41, 5.74) is 1.91. The van der Waals surface area contributed by atoms with Crippen LogP contribution in [0.1, 0.15) is 25.0 Å². The Kier molecular flexibility index (Phi) is 6.42. The van der Waals surface area contributed by atoms with Crippen LogP contribution in [0.15, 0.2) is 42.6 Å². The molecule has 0 aliphatic heterocycles. The summed E-state index contributed by atoms with van der Waals surface area (Å²) in [5.74, 6) is 1.37. The predicted molar refractivity (Wildman–Crippen MR) is 92.1 cm³/mol. The number of amides is 2. The van der Waals surface area contributed by atoms with E-state index >= 15 is 0 Å². The topological polar surface area (TPSA) is 72.5 Å². The van der Waals surface area contributed by atoms with Gasteiger partial charge in [0.2, 0.25) is 5.88 Å². The molecule has 2 aromatic rings. The lowest BCUT2D eigenvalue weighted by atomic mass is 10.2. The smallest absolute Gasteiger partial charge is 0.315 e. The molecule has 0 atom stereocenters. The number of carbonyl (C=O) groups excluding carboxylic acids is 1. The van der Waals surface area contributed by atoms with Crippen LogP contribution in [-0.2, 0) is 13.1 Å². The molecule has 0 fully saturated rings. The van der Waals surface area contributed by atoms with E-state index in [-0.39, 0.29) is 12.1 Å². The van der Waals surface area contributed by atoms with Crippen LogP contribution in [0.4, 0.5) is 4.79 Å². The van der Waals surface area contributed by atoms with E-state index < -0.39 is 0 Å². The van der Waals surface area contributed by atoms with E-state index in [9.17, 15) is 4.79 Å². The fraction of sp³-hybridized carbons (Fsp3) is 0.333. The Balaban J connectivity index is 1.74. The first-order valence-electron chi connectivity index (χ1n) is 7.83. The Labute approximate surface area is 142 Å². The van der Waals surface area contributed by atoms with Gasteiger partial charge in [-0.2, -0.15) is 0 Å². The quantitative estimate of drug-likeness (QED) is 0.819. The molecule has 0 aliphatic carbocycles. The lowest BCUT2D eigenvalue weighted by Crippen LogP contribution is -2.34. The molecule has 0 saturated carbocycles.